The minimum atomic E-state index is -0.434. The van der Waals surface area contributed by atoms with Crippen LogP contribution in [0.15, 0.2) is 58.8 Å². The van der Waals surface area contributed by atoms with Gasteiger partial charge in [-0.1, -0.05) is 35.9 Å². The largest absolute Gasteiger partial charge is 0.493 e. The summed E-state index contributed by atoms with van der Waals surface area (Å²) in [6, 6.07) is 14.6. The van der Waals surface area contributed by atoms with E-state index in [-0.39, 0.29) is 5.88 Å². The molecule has 110 valence electrons. The molecule has 3 rings (SSSR count). The van der Waals surface area contributed by atoms with E-state index in [1.807, 2.05) is 37.3 Å². The zero-order chi connectivity index (χ0) is 15.7. The van der Waals surface area contributed by atoms with Crippen LogP contribution in [0.5, 0.6) is 5.88 Å². The number of hydrogen-bond acceptors (Lipinski definition) is 3. The number of amides is 1. The summed E-state index contributed by atoms with van der Waals surface area (Å²) in [6.07, 6.45) is 0. The van der Waals surface area contributed by atoms with E-state index in [0.717, 1.165) is 16.5 Å². The highest BCUT2D eigenvalue weighted by molar-refractivity contribution is 5.97. The van der Waals surface area contributed by atoms with Crippen molar-refractivity contribution in [3.05, 3.63) is 59.7 Å². The van der Waals surface area contributed by atoms with Crippen LogP contribution in [-0.2, 0) is 7.05 Å². The van der Waals surface area contributed by atoms with Crippen LogP contribution in [0.3, 0.4) is 0 Å². The highest BCUT2D eigenvalue weighted by atomic mass is 16.3. The molecule has 0 radical (unpaired) electrons. The lowest BCUT2D eigenvalue weighted by Gasteiger charge is -1.96. The average molecular weight is 293 g/mol. The van der Waals surface area contributed by atoms with Gasteiger partial charge in [-0.25, -0.2) is 0 Å². The fourth-order valence-corrected chi connectivity index (χ4v) is 2.39. The zero-order valence-electron chi connectivity index (χ0n) is 12.3. The van der Waals surface area contributed by atoms with Gasteiger partial charge in [-0.15, -0.1) is 10.2 Å². The van der Waals surface area contributed by atoms with Gasteiger partial charge in [0, 0.05) is 18.0 Å². The summed E-state index contributed by atoms with van der Waals surface area (Å²) >= 11 is 0. The van der Waals surface area contributed by atoms with E-state index in [1.165, 1.54) is 0 Å². The van der Waals surface area contributed by atoms with E-state index in [1.54, 1.807) is 29.8 Å². The number of para-hydroxylation sites is 1. The summed E-state index contributed by atoms with van der Waals surface area (Å²) in [4.78, 5) is 12.1. The molecule has 0 saturated carbocycles. The van der Waals surface area contributed by atoms with Gasteiger partial charge in [0.2, 0.25) is 5.88 Å². The number of rotatable bonds is 2. The number of nitrogens with zero attached hydrogens (tertiary/aromatic N) is 3. The summed E-state index contributed by atoms with van der Waals surface area (Å²) in [7, 11) is 1.74. The highest BCUT2D eigenvalue weighted by Crippen LogP contribution is 2.37. The Kier molecular flexibility index (Phi) is 3.47. The average Bonchev–Trinajstić information content (AvgIpc) is 2.77. The molecule has 0 unspecified atom stereocenters. The molecule has 0 bridgehead atoms. The SMILES string of the molecule is Cc1cccc(C(=O)N=Nc2c(O)n(C)c3ccccc23)c1. The van der Waals surface area contributed by atoms with E-state index in [2.05, 4.69) is 10.2 Å². The maximum absolute atomic E-state index is 12.1. The van der Waals surface area contributed by atoms with Crippen molar-refractivity contribution in [1.29, 1.82) is 0 Å². The van der Waals surface area contributed by atoms with Crippen molar-refractivity contribution in [2.24, 2.45) is 17.3 Å². The van der Waals surface area contributed by atoms with Crippen LogP contribution in [0.25, 0.3) is 10.9 Å². The lowest BCUT2D eigenvalue weighted by atomic mass is 10.1. The minimum Gasteiger partial charge on any atom is -0.493 e. The van der Waals surface area contributed by atoms with Crippen LogP contribution in [0, 0.1) is 6.92 Å². The summed E-state index contributed by atoms with van der Waals surface area (Å²) in [5.74, 6) is -0.446. The summed E-state index contributed by atoms with van der Waals surface area (Å²) in [6.45, 7) is 1.91. The van der Waals surface area contributed by atoms with Gasteiger partial charge in [-0.2, -0.15) is 0 Å². The van der Waals surface area contributed by atoms with Crippen LogP contribution in [0.4, 0.5) is 5.69 Å². The number of azo groups is 1. The van der Waals surface area contributed by atoms with Gasteiger partial charge in [0.15, 0.2) is 5.69 Å². The van der Waals surface area contributed by atoms with Gasteiger partial charge in [-0.3, -0.25) is 4.79 Å². The van der Waals surface area contributed by atoms with E-state index < -0.39 is 5.91 Å². The molecule has 5 nitrogen and oxygen atoms in total. The molecule has 0 atom stereocenters. The first kappa shape index (κ1) is 14.0. The molecule has 0 saturated heterocycles. The van der Waals surface area contributed by atoms with Crippen LogP contribution in [0.2, 0.25) is 0 Å². The third-order valence-corrected chi connectivity index (χ3v) is 3.56. The fourth-order valence-electron chi connectivity index (χ4n) is 2.39. The first-order valence-electron chi connectivity index (χ1n) is 6.87. The van der Waals surface area contributed by atoms with E-state index in [9.17, 15) is 9.90 Å². The summed E-state index contributed by atoms with van der Waals surface area (Å²) < 4.78 is 1.61. The number of benzene rings is 2. The third kappa shape index (κ3) is 2.37. The second-order valence-electron chi connectivity index (χ2n) is 5.12. The van der Waals surface area contributed by atoms with E-state index >= 15 is 0 Å². The van der Waals surface area contributed by atoms with Crippen LogP contribution < -0.4 is 0 Å². The van der Waals surface area contributed by atoms with Crippen molar-refractivity contribution in [3.63, 3.8) is 0 Å². The lowest BCUT2D eigenvalue weighted by molar-refractivity contribution is 0.0995. The van der Waals surface area contributed by atoms with Gasteiger partial charge in [0.25, 0.3) is 5.91 Å². The van der Waals surface area contributed by atoms with E-state index in [4.69, 9.17) is 0 Å². The molecule has 0 spiro atoms. The van der Waals surface area contributed by atoms with Gasteiger partial charge in [0.1, 0.15) is 0 Å². The van der Waals surface area contributed by atoms with Crippen molar-refractivity contribution in [2.45, 2.75) is 6.92 Å². The number of hydrogen-bond donors (Lipinski definition) is 1. The molecule has 0 aliphatic rings. The first-order chi connectivity index (χ1) is 10.6. The molecule has 22 heavy (non-hydrogen) atoms. The minimum absolute atomic E-state index is 0.0120. The maximum atomic E-state index is 12.1. The fraction of sp³-hybridized carbons (Fsp3) is 0.118. The normalized spacial score (nSPS) is 11.4. The number of aryl methyl sites for hydroxylation is 2. The second-order valence-corrected chi connectivity index (χ2v) is 5.12. The van der Waals surface area contributed by atoms with Crippen molar-refractivity contribution in [3.8, 4) is 5.88 Å². The topological polar surface area (TPSA) is 66.9 Å². The Bertz CT molecular complexity index is 894. The highest BCUT2D eigenvalue weighted by Gasteiger charge is 2.14. The predicted octanol–water partition coefficient (Wildman–Crippen LogP) is 4.12. The predicted molar refractivity (Wildman–Crippen MR) is 84.6 cm³/mol. The lowest BCUT2D eigenvalue weighted by Crippen LogP contribution is -1.93. The summed E-state index contributed by atoms with van der Waals surface area (Å²) in [5, 5.41) is 18.6. The maximum Gasteiger partial charge on any atom is 0.295 e. The molecular weight excluding hydrogens is 278 g/mol. The van der Waals surface area contributed by atoms with Gasteiger partial charge in [0.05, 0.1) is 5.52 Å². The number of aromatic nitrogens is 1. The van der Waals surface area contributed by atoms with Crippen molar-refractivity contribution in [2.75, 3.05) is 0 Å². The standard InChI is InChI=1S/C17H15N3O2/c1-11-6-5-7-12(10-11)16(21)19-18-15-13-8-3-4-9-14(13)20(2)17(15)22/h3-10,22H,1-2H3. The van der Waals surface area contributed by atoms with Gasteiger partial charge < -0.3 is 9.67 Å². The number of carbonyl (C=O) groups excluding carboxylic acids is 1. The molecule has 1 amide bonds. The molecular formula is C17H15N3O2. The molecule has 0 aliphatic heterocycles. The van der Waals surface area contributed by atoms with E-state index in [0.29, 0.717) is 11.3 Å². The van der Waals surface area contributed by atoms with Crippen molar-refractivity contribution >= 4 is 22.5 Å². The van der Waals surface area contributed by atoms with Crippen molar-refractivity contribution in [1.82, 2.24) is 4.57 Å². The van der Waals surface area contributed by atoms with Gasteiger partial charge in [-0.05, 0) is 25.1 Å². The molecule has 1 heterocycles. The second kappa shape index (κ2) is 5.44. The summed E-state index contributed by atoms with van der Waals surface area (Å²) in [5.41, 5.74) is 2.59. The number of carbonyl (C=O) groups is 1. The Balaban J connectivity index is 2.00. The number of aromatic hydroxyl groups is 1. The molecule has 0 fully saturated rings. The third-order valence-electron chi connectivity index (χ3n) is 3.56. The smallest absolute Gasteiger partial charge is 0.295 e. The monoisotopic (exact) mass is 293 g/mol. The first-order valence-corrected chi connectivity index (χ1v) is 6.87. The Morgan fingerprint density at radius 1 is 1.14 bits per heavy atom. The van der Waals surface area contributed by atoms with Gasteiger partial charge >= 0.3 is 0 Å². The van der Waals surface area contributed by atoms with Crippen LogP contribution >= 0.6 is 0 Å². The molecule has 2 aromatic carbocycles. The number of fused-ring (bicyclic) bond motifs is 1. The Morgan fingerprint density at radius 2 is 1.91 bits per heavy atom. The molecule has 3 aromatic rings. The van der Waals surface area contributed by atoms with Crippen LogP contribution in [0.1, 0.15) is 15.9 Å². The zero-order valence-corrected chi connectivity index (χ0v) is 12.3. The Labute approximate surface area is 127 Å². The quantitative estimate of drug-likeness (QED) is 0.722. The Hall–Kier alpha value is -2.95. The Morgan fingerprint density at radius 3 is 2.68 bits per heavy atom. The molecule has 1 aromatic heterocycles. The molecule has 5 heteroatoms. The molecule has 1 N–H and O–H groups in total. The van der Waals surface area contributed by atoms with Crippen LogP contribution in [-0.4, -0.2) is 15.6 Å². The van der Waals surface area contributed by atoms with Crippen molar-refractivity contribution < 1.29 is 9.90 Å². The molecule has 0 aliphatic carbocycles.